The van der Waals surface area contributed by atoms with Crippen LogP contribution in [0.25, 0.3) is 0 Å². The van der Waals surface area contributed by atoms with Gasteiger partial charge in [-0.1, -0.05) is 0 Å². The van der Waals surface area contributed by atoms with E-state index >= 15 is 0 Å². The molecule has 72 valence electrons. The number of hydrogen-bond donors (Lipinski definition) is 2. The molecule has 0 aliphatic heterocycles. The van der Waals surface area contributed by atoms with Gasteiger partial charge in [-0.05, 0) is 28.1 Å². The SMILES string of the molecule is CNS(=O)(=O)Nc1ccnc(Br)c1. The van der Waals surface area contributed by atoms with E-state index in [0.29, 0.717) is 10.3 Å². The van der Waals surface area contributed by atoms with Crippen LogP contribution in [0.15, 0.2) is 22.9 Å². The maximum atomic E-state index is 11.0. The van der Waals surface area contributed by atoms with Crippen LogP contribution in [-0.4, -0.2) is 20.4 Å². The van der Waals surface area contributed by atoms with Crippen molar-refractivity contribution < 1.29 is 8.42 Å². The summed E-state index contributed by atoms with van der Waals surface area (Å²) in [5, 5.41) is 0. The number of halogens is 1. The Bertz CT molecular complexity index is 393. The Labute approximate surface area is 84.9 Å². The molecule has 1 heterocycles. The van der Waals surface area contributed by atoms with Crippen LogP contribution in [0.4, 0.5) is 5.69 Å². The van der Waals surface area contributed by atoms with Crippen molar-refractivity contribution in [3.8, 4) is 0 Å². The first-order valence-corrected chi connectivity index (χ1v) is 5.64. The van der Waals surface area contributed by atoms with E-state index in [9.17, 15) is 8.42 Å². The molecule has 0 aliphatic carbocycles. The average Bonchev–Trinajstić information content (AvgIpc) is 2.03. The lowest BCUT2D eigenvalue weighted by Crippen LogP contribution is -2.26. The third-order valence-corrected chi connectivity index (χ3v) is 2.72. The van der Waals surface area contributed by atoms with Gasteiger partial charge in [0.15, 0.2) is 0 Å². The first kappa shape index (κ1) is 10.4. The number of hydrogen-bond acceptors (Lipinski definition) is 3. The quantitative estimate of drug-likeness (QED) is 0.792. The van der Waals surface area contributed by atoms with Crippen LogP contribution in [0.3, 0.4) is 0 Å². The highest BCUT2D eigenvalue weighted by Crippen LogP contribution is 2.13. The molecule has 0 saturated carbocycles. The van der Waals surface area contributed by atoms with Gasteiger partial charge in [-0.3, -0.25) is 4.72 Å². The predicted molar refractivity (Wildman–Crippen MR) is 53.5 cm³/mol. The molecular formula is C6H8BrN3O2S. The van der Waals surface area contributed by atoms with Crippen molar-refractivity contribution in [3.05, 3.63) is 22.9 Å². The van der Waals surface area contributed by atoms with Gasteiger partial charge in [0.25, 0.3) is 10.2 Å². The van der Waals surface area contributed by atoms with Gasteiger partial charge in [0.1, 0.15) is 4.60 Å². The van der Waals surface area contributed by atoms with Gasteiger partial charge < -0.3 is 0 Å². The van der Waals surface area contributed by atoms with Gasteiger partial charge in [0.05, 0.1) is 5.69 Å². The summed E-state index contributed by atoms with van der Waals surface area (Å²) in [4.78, 5) is 3.86. The smallest absolute Gasteiger partial charge is 0.271 e. The van der Waals surface area contributed by atoms with E-state index in [0.717, 1.165) is 0 Å². The third kappa shape index (κ3) is 3.29. The zero-order valence-electron chi connectivity index (χ0n) is 6.78. The molecule has 0 atom stereocenters. The number of aromatic nitrogens is 1. The fourth-order valence-corrected chi connectivity index (χ4v) is 1.58. The molecule has 0 radical (unpaired) electrons. The van der Waals surface area contributed by atoms with E-state index in [-0.39, 0.29) is 0 Å². The molecule has 13 heavy (non-hydrogen) atoms. The molecule has 0 bridgehead atoms. The zero-order valence-corrected chi connectivity index (χ0v) is 9.18. The van der Waals surface area contributed by atoms with Crippen molar-refractivity contribution in [2.45, 2.75) is 0 Å². The van der Waals surface area contributed by atoms with Gasteiger partial charge in [0, 0.05) is 13.2 Å². The number of anilines is 1. The highest BCUT2D eigenvalue weighted by atomic mass is 79.9. The molecule has 1 rings (SSSR count). The Morgan fingerprint density at radius 2 is 2.23 bits per heavy atom. The predicted octanol–water partition coefficient (Wildman–Crippen LogP) is 0.720. The molecule has 1 aromatic heterocycles. The molecule has 5 nitrogen and oxygen atoms in total. The van der Waals surface area contributed by atoms with E-state index in [2.05, 4.69) is 30.4 Å². The summed E-state index contributed by atoms with van der Waals surface area (Å²) in [6, 6.07) is 3.12. The van der Waals surface area contributed by atoms with Gasteiger partial charge >= 0.3 is 0 Å². The van der Waals surface area contributed by atoms with Crippen molar-refractivity contribution in [2.75, 3.05) is 11.8 Å². The number of pyridine rings is 1. The molecular weight excluding hydrogens is 258 g/mol. The summed E-state index contributed by atoms with van der Waals surface area (Å²) in [6.07, 6.45) is 1.50. The summed E-state index contributed by atoms with van der Waals surface area (Å²) >= 11 is 3.13. The van der Waals surface area contributed by atoms with Crippen molar-refractivity contribution in [1.82, 2.24) is 9.71 Å². The van der Waals surface area contributed by atoms with Gasteiger partial charge in [0.2, 0.25) is 0 Å². The third-order valence-electron chi connectivity index (χ3n) is 1.25. The first-order valence-electron chi connectivity index (χ1n) is 3.36. The normalized spacial score (nSPS) is 11.2. The van der Waals surface area contributed by atoms with E-state index in [1.807, 2.05) is 0 Å². The van der Waals surface area contributed by atoms with Gasteiger partial charge in [-0.25, -0.2) is 9.71 Å². The van der Waals surface area contributed by atoms with Crippen LogP contribution in [0, 0.1) is 0 Å². The Morgan fingerprint density at radius 3 is 2.77 bits per heavy atom. The minimum Gasteiger partial charge on any atom is -0.271 e. The van der Waals surface area contributed by atoms with E-state index < -0.39 is 10.2 Å². The maximum Gasteiger partial charge on any atom is 0.298 e. The number of nitrogens with one attached hydrogen (secondary N) is 2. The van der Waals surface area contributed by atoms with Crippen LogP contribution < -0.4 is 9.44 Å². The standard InChI is InChI=1S/C6H8BrN3O2S/c1-8-13(11,12)10-5-2-3-9-6(7)4-5/h2-4,8H,1H3,(H,9,10). The minimum absolute atomic E-state index is 0.455. The van der Waals surface area contributed by atoms with Crippen LogP contribution in [0.1, 0.15) is 0 Å². The van der Waals surface area contributed by atoms with Crippen LogP contribution >= 0.6 is 15.9 Å². The molecule has 1 aromatic rings. The van der Waals surface area contributed by atoms with Crippen LogP contribution in [0.2, 0.25) is 0 Å². The molecule has 0 saturated heterocycles. The molecule has 2 N–H and O–H groups in total. The number of nitrogens with zero attached hydrogens (tertiary/aromatic N) is 1. The van der Waals surface area contributed by atoms with Gasteiger partial charge in [-0.15, -0.1) is 0 Å². The molecule has 0 amide bonds. The molecule has 0 fully saturated rings. The highest BCUT2D eigenvalue weighted by Gasteiger charge is 2.05. The topological polar surface area (TPSA) is 71.1 Å². The van der Waals surface area contributed by atoms with Gasteiger partial charge in [-0.2, -0.15) is 8.42 Å². The van der Waals surface area contributed by atoms with Crippen molar-refractivity contribution >= 4 is 31.8 Å². The molecule has 0 spiro atoms. The first-order chi connectivity index (χ1) is 6.03. The summed E-state index contributed by atoms with van der Waals surface area (Å²) in [6.45, 7) is 0. The van der Waals surface area contributed by atoms with Crippen molar-refractivity contribution in [2.24, 2.45) is 0 Å². The summed E-state index contributed by atoms with van der Waals surface area (Å²) in [5.74, 6) is 0. The van der Waals surface area contributed by atoms with Crippen molar-refractivity contribution in [1.29, 1.82) is 0 Å². The lowest BCUT2D eigenvalue weighted by Gasteiger charge is -2.05. The second-order valence-corrected chi connectivity index (χ2v) is 4.61. The highest BCUT2D eigenvalue weighted by molar-refractivity contribution is 9.10. The summed E-state index contributed by atoms with van der Waals surface area (Å²) in [7, 11) is -2.11. The lowest BCUT2D eigenvalue weighted by molar-refractivity contribution is 0.593. The maximum absolute atomic E-state index is 11.0. The summed E-state index contributed by atoms with van der Waals surface area (Å²) in [5.41, 5.74) is 0.455. The van der Waals surface area contributed by atoms with E-state index in [1.54, 1.807) is 12.1 Å². The average molecular weight is 266 g/mol. The van der Waals surface area contributed by atoms with Crippen LogP contribution in [0.5, 0.6) is 0 Å². The lowest BCUT2D eigenvalue weighted by atomic mass is 10.4. The Morgan fingerprint density at radius 1 is 1.54 bits per heavy atom. The van der Waals surface area contributed by atoms with Crippen LogP contribution in [-0.2, 0) is 10.2 Å². The molecule has 0 unspecified atom stereocenters. The fourth-order valence-electron chi connectivity index (χ4n) is 0.672. The molecule has 7 heteroatoms. The Hall–Kier alpha value is -0.660. The zero-order chi connectivity index (χ0) is 9.90. The van der Waals surface area contributed by atoms with E-state index in [1.165, 1.54) is 13.2 Å². The Balaban J connectivity index is 2.87. The molecule has 0 aromatic carbocycles. The second kappa shape index (κ2) is 4.03. The Kier molecular flexibility index (Phi) is 3.23. The minimum atomic E-state index is -3.44. The van der Waals surface area contributed by atoms with E-state index in [4.69, 9.17) is 0 Å². The second-order valence-electron chi connectivity index (χ2n) is 2.18. The fraction of sp³-hybridized carbons (Fsp3) is 0.167. The number of rotatable bonds is 3. The molecule has 0 aliphatic rings. The largest absolute Gasteiger partial charge is 0.298 e. The van der Waals surface area contributed by atoms with Crippen molar-refractivity contribution in [3.63, 3.8) is 0 Å². The monoisotopic (exact) mass is 265 g/mol. The summed E-state index contributed by atoms with van der Waals surface area (Å²) < 4.78 is 27.1.